The van der Waals surface area contributed by atoms with Crippen molar-refractivity contribution in [1.82, 2.24) is 0 Å². The second-order valence-electron chi connectivity index (χ2n) is 3.11. The molecule has 1 aliphatic heterocycles. The molecule has 1 aromatic rings. The summed E-state index contributed by atoms with van der Waals surface area (Å²) in [6.45, 7) is 1.62. The Hall–Kier alpha value is -0.640. The molecule has 2 rings (SSSR count). The number of hydrogen-bond acceptors (Lipinski definition) is 2. The fourth-order valence-electron chi connectivity index (χ4n) is 1.25. The van der Waals surface area contributed by atoms with Crippen LogP contribution < -0.4 is 10.1 Å². The van der Waals surface area contributed by atoms with E-state index in [2.05, 4.69) is 5.32 Å². The number of carbonyl (C=O) groups is 1. The molecule has 1 aromatic carbocycles. The molecule has 0 bridgehead atoms. The van der Waals surface area contributed by atoms with E-state index in [-0.39, 0.29) is 21.0 Å². The van der Waals surface area contributed by atoms with Gasteiger partial charge in [0.15, 0.2) is 11.9 Å². The molecule has 0 saturated carbocycles. The van der Waals surface area contributed by atoms with E-state index < -0.39 is 6.10 Å². The van der Waals surface area contributed by atoms with Crippen molar-refractivity contribution in [2.75, 3.05) is 5.32 Å². The molecule has 0 radical (unpaired) electrons. The Kier molecular flexibility index (Phi) is 2.71. The number of amides is 1. The quantitative estimate of drug-likeness (QED) is 0.731. The van der Waals surface area contributed by atoms with Crippen LogP contribution in [0.5, 0.6) is 5.75 Å². The number of rotatable bonds is 0. The summed E-state index contributed by atoms with van der Waals surface area (Å²) < 4.78 is 5.32. The maximum atomic E-state index is 11.3. The first-order valence-electron chi connectivity index (χ1n) is 4.15. The molecule has 0 aliphatic carbocycles. The van der Waals surface area contributed by atoms with Crippen molar-refractivity contribution < 1.29 is 9.53 Å². The number of benzene rings is 1. The topological polar surface area (TPSA) is 38.3 Å². The summed E-state index contributed by atoms with van der Waals surface area (Å²) in [5, 5.41) is 3.34. The first kappa shape index (κ1) is 10.9. The number of nitrogens with one attached hydrogen (secondary N) is 1. The Morgan fingerprint density at radius 2 is 2.00 bits per heavy atom. The van der Waals surface area contributed by atoms with Gasteiger partial charge in [-0.05, 0) is 13.0 Å². The second-order valence-corrected chi connectivity index (χ2v) is 4.28. The van der Waals surface area contributed by atoms with Gasteiger partial charge in [0.25, 0.3) is 5.91 Å². The van der Waals surface area contributed by atoms with E-state index >= 15 is 0 Å². The molecule has 6 heteroatoms. The first-order chi connectivity index (χ1) is 7.00. The predicted octanol–water partition coefficient (Wildman–Crippen LogP) is 3.37. The van der Waals surface area contributed by atoms with E-state index in [1.807, 2.05) is 0 Å². The average molecular weight is 267 g/mol. The van der Waals surface area contributed by atoms with Crippen molar-refractivity contribution in [3.05, 3.63) is 21.1 Å². The van der Waals surface area contributed by atoms with E-state index in [1.165, 1.54) is 6.07 Å². The molecule has 15 heavy (non-hydrogen) atoms. The van der Waals surface area contributed by atoms with Crippen LogP contribution in [0.1, 0.15) is 6.92 Å². The third kappa shape index (κ3) is 1.75. The van der Waals surface area contributed by atoms with Gasteiger partial charge in [0.05, 0.1) is 15.7 Å². The Bertz CT molecular complexity index is 447. The van der Waals surface area contributed by atoms with Crippen LogP contribution in [0.4, 0.5) is 5.69 Å². The van der Waals surface area contributed by atoms with E-state index in [4.69, 9.17) is 39.5 Å². The number of halogens is 3. The van der Waals surface area contributed by atoms with Gasteiger partial charge >= 0.3 is 0 Å². The molecule has 0 aromatic heterocycles. The zero-order valence-corrected chi connectivity index (χ0v) is 9.87. The Morgan fingerprint density at radius 3 is 2.67 bits per heavy atom. The van der Waals surface area contributed by atoms with Gasteiger partial charge < -0.3 is 10.1 Å². The standard InChI is InChI=1S/C9H6Cl3NO2/c1-3-9(14)13-5-2-4(10)6(11)7(12)8(5)15-3/h2-3H,1H3,(H,13,14). The molecule has 1 heterocycles. The van der Waals surface area contributed by atoms with E-state index in [0.29, 0.717) is 11.4 Å². The van der Waals surface area contributed by atoms with Gasteiger partial charge in [-0.3, -0.25) is 4.79 Å². The Morgan fingerprint density at radius 1 is 1.33 bits per heavy atom. The molecule has 0 fully saturated rings. The van der Waals surface area contributed by atoms with Crippen LogP contribution >= 0.6 is 34.8 Å². The third-order valence-electron chi connectivity index (χ3n) is 2.04. The summed E-state index contributed by atoms with van der Waals surface area (Å²) in [5.74, 6) is 0.120. The summed E-state index contributed by atoms with van der Waals surface area (Å²) >= 11 is 17.6. The molecule has 0 saturated heterocycles. The molecular weight excluding hydrogens is 260 g/mol. The SMILES string of the molecule is CC1Oc2c(cc(Cl)c(Cl)c2Cl)NC1=O. The van der Waals surface area contributed by atoms with Crippen LogP contribution in [0.25, 0.3) is 0 Å². The summed E-state index contributed by atoms with van der Waals surface area (Å²) in [6.07, 6.45) is -0.591. The minimum Gasteiger partial charge on any atom is -0.477 e. The lowest BCUT2D eigenvalue weighted by molar-refractivity contribution is -0.122. The largest absolute Gasteiger partial charge is 0.477 e. The van der Waals surface area contributed by atoms with Gasteiger partial charge in [0, 0.05) is 0 Å². The maximum absolute atomic E-state index is 11.3. The van der Waals surface area contributed by atoms with Gasteiger partial charge in [0.1, 0.15) is 5.02 Å². The molecule has 1 N–H and O–H groups in total. The molecule has 1 unspecified atom stereocenters. The summed E-state index contributed by atoms with van der Waals surface area (Å²) in [4.78, 5) is 11.3. The minimum absolute atomic E-state index is 0.214. The van der Waals surface area contributed by atoms with Gasteiger partial charge in [-0.25, -0.2) is 0 Å². The lowest BCUT2D eigenvalue weighted by Crippen LogP contribution is -2.34. The number of ether oxygens (including phenoxy) is 1. The van der Waals surface area contributed by atoms with E-state index in [0.717, 1.165) is 0 Å². The van der Waals surface area contributed by atoms with Crippen LogP contribution in [0, 0.1) is 0 Å². The van der Waals surface area contributed by atoms with Crippen molar-refractivity contribution in [2.24, 2.45) is 0 Å². The fraction of sp³-hybridized carbons (Fsp3) is 0.222. The smallest absolute Gasteiger partial charge is 0.265 e. The third-order valence-corrected chi connectivity index (χ3v) is 3.28. The van der Waals surface area contributed by atoms with Crippen LogP contribution in [-0.4, -0.2) is 12.0 Å². The molecule has 1 atom stereocenters. The maximum Gasteiger partial charge on any atom is 0.265 e. The number of hydrogen-bond donors (Lipinski definition) is 1. The lowest BCUT2D eigenvalue weighted by Gasteiger charge is -2.24. The molecule has 1 amide bonds. The average Bonchev–Trinajstić information content (AvgIpc) is 2.19. The highest BCUT2D eigenvalue weighted by atomic mass is 35.5. The Labute approximate surface area is 101 Å². The highest BCUT2D eigenvalue weighted by molar-refractivity contribution is 6.49. The van der Waals surface area contributed by atoms with Crippen molar-refractivity contribution in [3.63, 3.8) is 0 Å². The predicted molar refractivity (Wildman–Crippen MR) is 60.2 cm³/mol. The first-order valence-corrected chi connectivity index (χ1v) is 5.29. The molecule has 0 spiro atoms. The van der Waals surface area contributed by atoms with E-state index in [1.54, 1.807) is 6.92 Å². The van der Waals surface area contributed by atoms with Crippen molar-refractivity contribution >= 4 is 46.4 Å². The molecular formula is C9H6Cl3NO2. The van der Waals surface area contributed by atoms with Crippen molar-refractivity contribution in [2.45, 2.75) is 13.0 Å². The minimum atomic E-state index is -0.591. The number of fused-ring (bicyclic) bond motifs is 1. The molecule has 1 aliphatic rings. The van der Waals surface area contributed by atoms with Crippen LogP contribution in [0.3, 0.4) is 0 Å². The normalized spacial score (nSPS) is 19.2. The lowest BCUT2D eigenvalue weighted by atomic mass is 10.2. The number of carbonyl (C=O) groups excluding carboxylic acids is 1. The fourth-order valence-corrected chi connectivity index (χ4v) is 1.89. The van der Waals surface area contributed by atoms with Gasteiger partial charge in [-0.15, -0.1) is 0 Å². The van der Waals surface area contributed by atoms with Gasteiger partial charge in [-0.1, -0.05) is 34.8 Å². The van der Waals surface area contributed by atoms with Crippen LogP contribution in [0.2, 0.25) is 15.1 Å². The van der Waals surface area contributed by atoms with Crippen molar-refractivity contribution in [1.29, 1.82) is 0 Å². The number of anilines is 1. The summed E-state index contributed by atoms with van der Waals surface area (Å²) in [6, 6.07) is 1.51. The zero-order valence-electron chi connectivity index (χ0n) is 7.61. The molecule has 3 nitrogen and oxygen atoms in total. The Balaban J connectivity index is 2.58. The van der Waals surface area contributed by atoms with Crippen LogP contribution in [-0.2, 0) is 4.79 Å². The highest BCUT2D eigenvalue weighted by Gasteiger charge is 2.27. The summed E-state index contributed by atoms with van der Waals surface area (Å²) in [7, 11) is 0. The second kappa shape index (κ2) is 3.74. The van der Waals surface area contributed by atoms with Crippen LogP contribution in [0.15, 0.2) is 6.07 Å². The van der Waals surface area contributed by atoms with E-state index in [9.17, 15) is 4.79 Å². The zero-order chi connectivity index (χ0) is 11.2. The van der Waals surface area contributed by atoms with Gasteiger partial charge in [0.2, 0.25) is 0 Å². The van der Waals surface area contributed by atoms with Gasteiger partial charge in [-0.2, -0.15) is 0 Å². The molecule has 80 valence electrons. The highest BCUT2D eigenvalue weighted by Crippen LogP contribution is 2.44. The monoisotopic (exact) mass is 265 g/mol. The summed E-state index contributed by atoms with van der Waals surface area (Å²) in [5.41, 5.74) is 0.442. The van der Waals surface area contributed by atoms with Crippen molar-refractivity contribution in [3.8, 4) is 5.75 Å².